The summed E-state index contributed by atoms with van der Waals surface area (Å²) >= 11 is 0. The van der Waals surface area contributed by atoms with Crippen LogP contribution in [0.15, 0.2) is 48.6 Å². The minimum Gasteiger partial charge on any atom is -0.756 e. The molecule has 0 fully saturated rings. The number of nitrogens with zero attached hydrogens (tertiary/aromatic N) is 1. The Bertz CT molecular complexity index is 1540. The Morgan fingerprint density at radius 1 is 0.427 bits per heavy atom. The van der Waals surface area contributed by atoms with Crippen LogP contribution < -0.4 is 10.2 Å². The van der Waals surface area contributed by atoms with Gasteiger partial charge in [-0.2, -0.15) is 0 Å². The van der Waals surface area contributed by atoms with Gasteiger partial charge in [0.1, 0.15) is 19.3 Å². The van der Waals surface area contributed by atoms with E-state index >= 15 is 0 Å². The van der Waals surface area contributed by atoms with Crippen LogP contribution in [0, 0.1) is 0 Å². The number of rotatable bonds is 65. The Labute approximate surface area is 509 Å². The summed E-state index contributed by atoms with van der Waals surface area (Å²) in [7, 11) is 1.19. The van der Waals surface area contributed by atoms with E-state index in [1.807, 2.05) is 33.3 Å². The number of unbranched alkanes of at least 4 members (excludes halogenated alkanes) is 43. The predicted molar refractivity (Wildman–Crippen MR) is 353 cm³/mol. The molecule has 3 unspecified atom stereocenters. The Balaban J connectivity index is 5.07. The van der Waals surface area contributed by atoms with Crippen molar-refractivity contribution in [2.75, 3.05) is 40.9 Å². The molecule has 482 valence electrons. The second-order valence-corrected chi connectivity index (χ2v) is 26.8. The first-order chi connectivity index (χ1) is 39.9. The van der Waals surface area contributed by atoms with Crippen LogP contribution >= 0.6 is 7.82 Å². The average molecular weight is 1170 g/mol. The summed E-state index contributed by atoms with van der Waals surface area (Å²) in [6, 6.07) is -0.891. The van der Waals surface area contributed by atoms with Crippen LogP contribution in [-0.4, -0.2) is 69.4 Å². The van der Waals surface area contributed by atoms with Crippen molar-refractivity contribution >= 4 is 19.7 Å². The summed E-state index contributed by atoms with van der Waals surface area (Å²) in [5.74, 6) is -0.533. The lowest BCUT2D eigenvalue weighted by Crippen LogP contribution is -2.47. The van der Waals surface area contributed by atoms with Crippen LogP contribution in [0.5, 0.6) is 0 Å². The molecule has 3 atom stereocenters. The fourth-order valence-corrected chi connectivity index (χ4v) is 11.3. The molecule has 0 aromatic carbocycles. The van der Waals surface area contributed by atoms with Gasteiger partial charge in [-0.15, -0.1) is 0 Å². The molecule has 0 aromatic heterocycles. The number of hydrogen-bond acceptors (Lipinski definition) is 7. The standard InChI is InChI=1S/C72H137N2O7P/c1-7-10-13-16-19-22-25-28-30-32-34-36-37-39-41-43-45-47-50-53-56-59-62-65-72(76)81-70(63-60-57-54-51-48-27-24-21-18-15-12-9-3)69(68-80-82(77,78)79-67-66-74(4,5)6)73-71(75)64-61-58-55-52-49-46-44-42-40-38-35-33-31-29-26-23-20-17-14-11-8-2/h20,23,29,31,35,38,60,63,69-70H,7-19,21-22,24-28,30,32-34,36-37,39-59,61-62,64-68H2,1-6H3,(H-,73,75,77,78)/b23-20-,31-29-,38-35-,63-60+. The van der Waals surface area contributed by atoms with Gasteiger partial charge in [0.2, 0.25) is 5.91 Å². The number of amides is 1. The van der Waals surface area contributed by atoms with Crippen molar-refractivity contribution in [3.8, 4) is 0 Å². The minimum absolute atomic E-state index is 0.0225. The number of hydrogen-bond donors (Lipinski definition) is 1. The van der Waals surface area contributed by atoms with Gasteiger partial charge in [-0.05, 0) is 70.3 Å². The van der Waals surface area contributed by atoms with Crippen LogP contribution in [0.25, 0.3) is 0 Å². The fraction of sp³-hybridized carbons (Fsp3) is 0.861. The molecule has 0 heterocycles. The molecular weight excluding hydrogens is 1040 g/mol. The normalized spacial score (nSPS) is 13.8. The van der Waals surface area contributed by atoms with Gasteiger partial charge in [-0.3, -0.25) is 14.2 Å². The molecular formula is C72H137N2O7P. The quantitative estimate of drug-likeness (QED) is 0.0212. The molecule has 0 bridgehead atoms. The number of quaternary nitrogens is 1. The molecule has 0 rings (SSSR count). The van der Waals surface area contributed by atoms with E-state index in [9.17, 15) is 19.0 Å². The van der Waals surface area contributed by atoms with Gasteiger partial charge in [0.05, 0.1) is 33.8 Å². The van der Waals surface area contributed by atoms with Crippen molar-refractivity contribution < 1.29 is 37.3 Å². The van der Waals surface area contributed by atoms with E-state index in [4.69, 9.17) is 13.8 Å². The largest absolute Gasteiger partial charge is 0.756 e. The number of phosphoric acid groups is 1. The average Bonchev–Trinajstić information content (AvgIpc) is 3.44. The number of ether oxygens (including phenoxy) is 1. The number of carbonyl (C=O) groups excluding carboxylic acids is 2. The van der Waals surface area contributed by atoms with E-state index in [2.05, 4.69) is 62.5 Å². The molecule has 0 saturated heterocycles. The number of allylic oxidation sites excluding steroid dienone is 7. The summed E-state index contributed by atoms with van der Waals surface area (Å²) in [6.07, 6.45) is 78.0. The van der Waals surface area contributed by atoms with Gasteiger partial charge >= 0.3 is 5.97 Å². The zero-order chi connectivity index (χ0) is 60.0. The Hall–Kier alpha value is -2.03. The Morgan fingerprint density at radius 2 is 0.744 bits per heavy atom. The van der Waals surface area contributed by atoms with Crippen LogP contribution in [0.2, 0.25) is 0 Å². The van der Waals surface area contributed by atoms with Gasteiger partial charge in [0.15, 0.2) is 0 Å². The number of esters is 1. The lowest BCUT2D eigenvalue weighted by Gasteiger charge is -2.30. The molecule has 0 radical (unpaired) electrons. The Kier molecular flexibility index (Phi) is 60.5. The fourth-order valence-electron chi connectivity index (χ4n) is 10.5. The van der Waals surface area contributed by atoms with Crippen LogP contribution in [0.3, 0.4) is 0 Å². The number of carbonyl (C=O) groups is 2. The third kappa shape index (κ3) is 62.5. The summed E-state index contributed by atoms with van der Waals surface area (Å²) in [5, 5.41) is 3.04. The van der Waals surface area contributed by atoms with E-state index in [1.165, 1.54) is 231 Å². The van der Waals surface area contributed by atoms with Gasteiger partial charge in [-0.1, -0.05) is 314 Å². The van der Waals surface area contributed by atoms with Crippen molar-refractivity contribution in [1.29, 1.82) is 0 Å². The molecule has 0 saturated carbocycles. The first-order valence-corrected chi connectivity index (χ1v) is 36.9. The van der Waals surface area contributed by atoms with E-state index in [1.54, 1.807) is 0 Å². The summed E-state index contributed by atoms with van der Waals surface area (Å²) in [4.78, 5) is 40.2. The highest BCUT2D eigenvalue weighted by atomic mass is 31.2. The molecule has 10 heteroatoms. The summed E-state index contributed by atoms with van der Waals surface area (Å²) < 4.78 is 30.4. The predicted octanol–water partition coefficient (Wildman–Crippen LogP) is 21.8. The molecule has 0 aliphatic heterocycles. The maximum Gasteiger partial charge on any atom is 0.306 e. The third-order valence-electron chi connectivity index (χ3n) is 16.0. The zero-order valence-electron chi connectivity index (χ0n) is 55.2. The molecule has 0 aliphatic carbocycles. The highest BCUT2D eigenvalue weighted by Crippen LogP contribution is 2.38. The summed E-state index contributed by atoms with van der Waals surface area (Å²) in [6.45, 7) is 6.86. The molecule has 82 heavy (non-hydrogen) atoms. The van der Waals surface area contributed by atoms with Gasteiger partial charge < -0.3 is 28.5 Å². The van der Waals surface area contributed by atoms with E-state index < -0.39 is 20.0 Å². The number of likely N-dealkylation sites (N-methyl/N-ethyl adjacent to an activating group) is 1. The molecule has 1 N–H and O–H groups in total. The van der Waals surface area contributed by atoms with E-state index in [0.717, 1.165) is 83.5 Å². The minimum atomic E-state index is -4.70. The van der Waals surface area contributed by atoms with Crippen LogP contribution in [0.4, 0.5) is 0 Å². The van der Waals surface area contributed by atoms with Crippen molar-refractivity contribution in [1.82, 2.24) is 5.32 Å². The second kappa shape index (κ2) is 62.0. The smallest absolute Gasteiger partial charge is 0.306 e. The first kappa shape index (κ1) is 80.0. The molecule has 0 aromatic rings. The highest BCUT2D eigenvalue weighted by Gasteiger charge is 2.27. The monoisotopic (exact) mass is 1170 g/mol. The third-order valence-corrected chi connectivity index (χ3v) is 17.0. The maximum atomic E-state index is 13.6. The van der Waals surface area contributed by atoms with Crippen molar-refractivity contribution in [3.63, 3.8) is 0 Å². The number of nitrogens with one attached hydrogen (secondary N) is 1. The summed E-state index contributed by atoms with van der Waals surface area (Å²) in [5.41, 5.74) is 0. The highest BCUT2D eigenvalue weighted by molar-refractivity contribution is 7.45. The molecule has 9 nitrogen and oxygen atoms in total. The topological polar surface area (TPSA) is 114 Å². The van der Waals surface area contributed by atoms with Crippen LogP contribution in [-0.2, 0) is 27.9 Å². The van der Waals surface area contributed by atoms with E-state index in [0.29, 0.717) is 17.4 Å². The van der Waals surface area contributed by atoms with Crippen molar-refractivity contribution in [2.24, 2.45) is 0 Å². The second-order valence-electron chi connectivity index (χ2n) is 25.4. The zero-order valence-corrected chi connectivity index (χ0v) is 56.1. The van der Waals surface area contributed by atoms with E-state index in [-0.39, 0.29) is 31.5 Å². The van der Waals surface area contributed by atoms with Crippen molar-refractivity contribution in [3.05, 3.63) is 48.6 Å². The lowest BCUT2D eigenvalue weighted by molar-refractivity contribution is -0.870. The number of phosphoric ester groups is 1. The lowest BCUT2D eigenvalue weighted by atomic mass is 10.0. The van der Waals surface area contributed by atoms with Crippen LogP contribution in [0.1, 0.15) is 348 Å². The first-order valence-electron chi connectivity index (χ1n) is 35.4. The Morgan fingerprint density at radius 3 is 1.13 bits per heavy atom. The molecule has 0 aliphatic rings. The van der Waals surface area contributed by atoms with Crippen molar-refractivity contribution in [2.45, 2.75) is 360 Å². The molecule has 0 spiro atoms. The van der Waals surface area contributed by atoms with Gasteiger partial charge in [-0.25, -0.2) is 0 Å². The SMILES string of the molecule is CCCCC/C=C\C/C=C\C/C=C\CCCCCCCCCCC(=O)NC(COP(=O)([O-])OCC[N+](C)(C)C)C(/C=C/CCCCCCCCCCCC)OC(=O)CCCCCCCCCCCCCCCCCCCCCCCCC. The maximum absolute atomic E-state index is 13.6. The van der Waals surface area contributed by atoms with Gasteiger partial charge in [0.25, 0.3) is 7.82 Å². The molecule has 1 amide bonds. The van der Waals surface area contributed by atoms with Gasteiger partial charge in [0, 0.05) is 12.8 Å².